The first-order valence-corrected chi connectivity index (χ1v) is 7.43. The van der Waals surface area contributed by atoms with Crippen LogP contribution in [0.2, 0.25) is 0 Å². The van der Waals surface area contributed by atoms with Crippen LogP contribution in [-0.2, 0) is 10.0 Å². The largest absolute Gasteiger partial charge is 0.398 e. The topological polar surface area (TPSA) is 101 Å². The van der Waals surface area contributed by atoms with E-state index in [0.29, 0.717) is 17.8 Å². The van der Waals surface area contributed by atoms with E-state index in [1.165, 1.54) is 6.07 Å². The van der Waals surface area contributed by atoms with Crippen LogP contribution in [0, 0.1) is 13.8 Å². The zero-order valence-electron chi connectivity index (χ0n) is 11.3. The van der Waals surface area contributed by atoms with E-state index in [0.717, 1.165) is 12.0 Å². The van der Waals surface area contributed by atoms with E-state index in [1.807, 2.05) is 11.6 Å². The lowest BCUT2D eigenvalue weighted by Crippen LogP contribution is -2.39. The quantitative estimate of drug-likeness (QED) is 0.725. The molecule has 0 bridgehead atoms. The maximum atomic E-state index is 12.1. The number of rotatable bonds is 4. The molecule has 0 atom stereocenters. The second-order valence-electron chi connectivity index (χ2n) is 4.34. The number of carbonyl (C=O) groups excluding carboxylic acids is 1. The molecule has 2 amide bonds. The lowest BCUT2D eigenvalue weighted by atomic mass is 10.1. The SMILES string of the molecule is CCCNC(=O)NS(=O)(=O)c1cc(C)cc(N)c1C. The highest BCUT2D eigenvalue weighted by Crippen LogP contribution is 2.22. The highest BCUT2D eigenvalue weighted by atomic mass is 32.2. The molecule has 0 saturated heterocycles. The van der Waals surface area contributed by atoms with Crippen LogP contribution in [-0.4, -0.2) is 21.0 Å². The Labute approximate surface area is 113 Å². The van der Waals surface area contributed by atoms with Gasteiger partial charge >= 0.3 is 6.03 Å². The summed E-state index contributed by atoms with van der Waals surface area (Å²) in [7, 11) is -3.91. The Hall–Kier alpha value is -1.76. The van der Waals surface area contributed by atoms with Gasteiger partial charge in [0, 0.05) is 12.2 Å². The Balaban J connectivity index is 3.04. The number of anilines is 1. The fourth-order valence-electron chi connectivity index (χ4n) is 1.58. The Morgan fingerprint density at radius 2 is 1.95 bits per heavy atom. The summed E-state index contributed by atoms with van der Waals surface area (Å²) in [6.07, 6.45) is 0.726. The van der Waals surface area contributed by atoms with E-state index in [2.05, 4.69) is 5.32 Å². The Morgan fingerprint density at radius 3 is 2.53 bits per heavy atom. The third-order valence-electron chi connectivity index (χ3n) is 2.60. The standard InChI is InChI=1S/C12H19N3O3S/c1-4-5-14-12(16)15-19(17,18)11-7-8(2)6-10(13)9(11)3/h6-7H,4-5,13H2,1-3H3,(H2,14,15,16). The smallest absolute Gasteiger partial charge is 0.328 e. The van der Waals surface area contributed by atoms with Gasteiger partial charge in [-0.1, -0.05) is 6.92 Å². The fraction of sp³-hybridized carbons (Fsp3) is 0.417. The molecule has 0 aliphatic rings. The van der Waals surface area contributed by atoms with Crippen molar-refractivity contribution in [2.75, 3.05) is 12.3 Å². The minimum absolute atomic E-state index is 0.0247. The summed E-state index contributed by atoms with van der Waals surface area (Å²) in [6, 6.07) is 2.44. The molecular weight excluding hydrogens is 266 g/mol. The molecule has 0 spiro atoms. The zero-order chi connectivity index (χ0) is 14.6. The second-order valence-corrected chi connectivity index (χ2v) is 5.99. The number of sulfonamides is 1. The number of nitrogens with one attached hydrogen (secondary N) is 2. The van der Waals surface area contributed by atoms with Gasteiger partial charge in [0.1, 0.15) is 0 Å². The van der Waals surface area contributed by atoms with Crippen LogP contribution in [0.1, 0.15) is 24.5 Å². The first kappa shape index (κ1) is 15.3. The summed E-state index contributed by atoms with van der Waals surface area (Å²) >= 11 is 0. The van der Waals surface area contributed by atoms with Crippen LogP contribution < -0.4 is 15.8 Å². The molecule has 0 aromatic heterocycles. The van der Waals surface area contributed by atoms with Crippen LogP contribution in [0.4, 0.5) is 10.5 Å². The van der Waals surface area contributed by atoms with Crippen molar-refractivity contribution in [1.82, 2.24) is 10.0 Å². The number of nitrogen functional groups attached to an aromatic ring is 1. The molecule has 4 N–H and O–H groups in total. The highest BCUT2D eigenvalue weighted by molar-refractivity contribution is 7.90. The monoisotopic (exact) mass is 285 g/mol. The number of amides is 2. The zero-order valence-corrected chi connectivity index (χ0v) is 12.1. The summed E-state index contributed by atoms with van der Waals surface area (Å²) in [5, 5.41) is 2.45. The van der Waals surface area contributed by atoms with E-state index in [-0.39, 0.29) is 4.90 Å². The number of benzene rings is 1. The highest BCUT2D eigenvalue weighted by Gasteiger charge is 2.21. The summed E-state index contributed by atoms with van der Waals surface area (Å²) in [5.74, 6) is 0. The van der Waals surface area contributed by atoms with Crippen molar-refractivity contribution in [3.63, 3.8) is 0 Å². The maximum absolute atomic E-state index is 12.1. The Morgan fingerprint density at radius 1 is 1.32 bits per heavy atom. The third kappa shape index (κ3) is 3.85. The van der Waals surface area contributed by atoms with Gasteiger partial charge in [0.2, 0.25) is 0 Å². The van der Waals surface area contributed by atoms with Crippen LogP contribution in [0.5, 0.6) is 0 Å². The first-order chi connectivity index (χ1) is 8.77. The van der Waals surface area contributed by atoms with Gasteiger partial charge < -0.3 is 11.1 Å². The van der Waals surface area contributed by atoms with Crippen LogP contribution in [0.3, 0.4) is 0 Å². The van der Waals surface area contributed by atoms with Crippen molar-refractivity contribution in [3.05, 3.63) is 23.3 Å². The first-order valence-electron chi connectivity index (χ1n) is 5.95. The maximum Gasteiger partial charge on any atom is 0.328 e. The molecule has 0 unspecified atom stereocenters. The molecule has 19 heavy (non-hydrogen) atoms. The van der Waals surface area contributed by atoms with Gasteiger partial charge in [-0.2, -0.15) is 0 Å². The van der Waals surface area contributed by atoms with Gasteiger partial charge in [0.25, 0.3) is 10.0 Å². The lowest BCUT2D eigenvalue weighted by Gasteiger charge is -2.12. The average Bonchev–Trinajstić information content (AvgIpc) is 2.30. The number of hydrogen-bond donors (Lipinski definition) is 3. The van der Waals surface area contributed by atoms with Crippen molar-refractivity contribution in [2.24, 2.45) is 0 Å². The van der Waals surface area contributed by atoms with Crippen molar-refractivity contribution in [3.8, 4) is 0 Å². The van der Waals surface area contributed by atoms with Crippen LogP contribution >= 0.6 is 0 Å². The van der Waals surface area contributed by atoms with Gasteiger partial charge in [-0.05, 0) is 43.5 Å². The molecule has 0 aliphatic heterocycles. The summed E-state index contributed by atoms with van der Waals surface area (Å²) < 4.78 is 26.2. The van der Waals surface area contributed by atoms with E-state index >= 15 is 0 Å². The van der Waals surface area contributed by atoms with E-state index < -0.39 is 16.1 Å². The summed E-state index contributed by atoms with van der Waals surface area (Å²) in [4.78, 5) is 11.5. The molecule has 0 radical (unpaired) electrons. The predicted molar refractivity (Wildman–Crippen MR) is 74.3 cm³/mol. The number of nitrogens with two attached hydrogens (primary N) is 1. The van der Waals surface area contributed by atoms with Crippen LogP contribution in [0.15, 0.2) is 17.0 Å². The number of carbonyl (C=O) groups is 1. The molecule has 0 heterocycles. The molecular formula is C12H19N3O3S. The summed E-state index contributed by atoms with van der Waals surface area (Å²) in [6.45, 7) is 5.63. The van der Waals surface area contributed by atoms with Crippen molar-refractivity contribution in [2.45, 2.75) is 32.1 Å². The van der Waals surface area contributed by atoms with Gasteiger partial charge in [-0.15, -0.1) is 0 Å². The minimum Gasteiger partial charge on any atom is -0.398 e. The van der Waals surface area contributed by atoms with Gasteiger partial charge in [-0.25, -0.2) is 17.9 Å². The second kappa shape index (κ2) is 5.92. The minimum atomic E-state index is -3.91. The van der Waals surface area contributed by atoms with Crippen molar-refractivity contribution >= 4 is 21.7 Å². The predicted octanol–water partition coefficient (Wildman–Crippen LogP) is 1.28. The van der Waals surface area contributed by atoms with Crippen LogP contribution in [0.25, 0.3) is 0 Å². The molecule has 0 fully saturated rings. The summed E-state index contributed by atoms with van der Waals surface area (Å²) in [5.41, 5.74) is 7.27. The van der Waals surface area contributed by atoms with Gasteiger partial charge in [0.05, 0.1) is 4.90 Å². The lowest BCUT2D eigenvalue weighted by molar-refractivity contribution is 0.246. The molecule has 1 rings (SSSR count). The van der Waals surface area contributed by atoms with Crippen molar-refractivity contribution < 1.29 is 13.2 Å². The molecule has 6 nitrogen and oxygen atoms in total. The molecule has 106 valence electrons. The van der Waals surface area contributed by atoms with E-state index in [4.69, 9.17) is 5.73 Å². The van der Waals surface area contributed by atoms with Gasteiger partial charge in [0.15, 0.2) is 0 Å². The van der Waals surface area contributed by atoms with Crippen molar-refractivity contribution in [1.29, 1.82) is 0 Å². The van der Waals surface area contributed by atoms with E-state index in [1.54, 1.807) is 19.9 Å². The number of hydrogen-bond acceptors (Lipinski definition) is 4. The van der Waals surface area contributed by atoms with E-state index in [9.17, 15) is 13.2 Å². The molecule has 1 aromatic rings. The molecule has 1 aromatic carbocycles. The fourth-order valence-corrected chi connectivity index (χ4v) is 2.87. The molecule has 0 saturated carbocycles. The Bertz CT molecular complexity index is 582. The normalized spacial score (nSPS) is 11.1. The molecule has 7 heteroatoms. The number of aryl methyl sites for hydroxylation is 1. The Kier molecular flexibility index (Phi) is 4.77. The third-order valence-corrected chi connectivity index (χ3v) is 4.05. The average molecular weight is 285 g/mol. The van der Waals surface area contributed by atoms with Gasteiger partial charge in [-0.3, -0.25) is 0 Å². The number of urea groups is 1. The molecule has 0 aliphatic carbocycles.